The van der Waals surface area contributed by atoms with Gasteiger partial charge < -0.3 is 14.3 Å². The molecule has 1 aliphatic heterocycles. The molecule has 0 radical (unpaired) electrons. The van der Waals surface area contributed by atoms with Crippen LogP contribution in [-0.2, 0) is 11.3 Å². The second kappa shape index (κ2) is 9.92. The molecule has 0 saturated carbocycles. The zero-order valence-corrected chi connectivity index (χ0v) is 18.3. The first kappa shape index (κ1) is 22.0. The molecule has 166 valence electrons. The molecule has 1 fully saturated rings. The molecule has 2 unspecified atom stereocenters. The summed E-state index contributed by atoms with van der Waals surface area (Å²) < 4.78 is 26.2. The van der Waals surface area contributed by atoms with E-state index < -0.39 is 0 Å². The first-order chi connectivity index (χ1) is 15.7. The molecule has 0 N–H and O–H groups in total. The molecule has 4 rings (SSSR count). The molecule has 1 aromatic heterocycles. The third kappa shape index (κ3) is 4.36. The summed E-state index contributed by atoms with van der Waals surface area (Å²) in [6.07, 6.45) is 5.13. The Morgan fingerprint density at radius 2 is 1.84 bits per heavy atom. The molecular weight excluding hydrogens is 407 g/mol. The third-order valence-electron chi connectivity index (χ3n) is 6.12. The van der Waals surface area contributed by atoms with Crippen molar-refractivity contribution in [3.05, 3.63) is 77.7 Å². The third-order valence-corrected chi connectivity index (χ3v) is 6.12. The van der Waals surface area contributed by atoms with Crippen LogP contribution >= 0.6 is 0 Å². The van der Waals surface area contributed by atoms with Crippen molar-refractivity contribution in [3.63, 3.8) is 0 Å². The first-order valence-electron chi connectivity index (χ1n) is 10.8. The van der Waals surface area contributed by atoms with Gasteiger partial charge in [0.1, 0.15) is 23.6 Å². The quantitative estimate of drug-likeness (QED) is 0.479. The Bertz CT molecular complexity index is 1050. The van der Waals surface area contributed by atoms with Gasteiger partial charge in [0.05, 0.1) is 31.5 Å². The number of pyridine rings is 1. The van der Waals surface area contributed by atoms with Crippen molar-refractivity contribution in [2.75, 3.05) is 14.2 Å². The highest BCUT2D eigenvalue weighted by atomic mass is 19.1. The predicted octanol–water partition coefficient (Wildman–Crippen LogP) is 5.20. The van der Waals surface area contributed by atoms with E-state index in [1.54, 1.807) is 26.5 Å². The molecule has 0 amide bonds. The van der Waals surface area contributed by atoms with E-state index in [0.29, 0.717) is 23.6 Å². The summed E-state index contributed by atoms with van der Waals surface area (Å²) in [5.74, 6) is 1.10. The van der Waals surface area contributed by atoms with Gasteiger partial charge in [0.2, 0.25) is 0 Å². The van der Waals surface area contributed by atoms with Crippen LogP contribution in [0.25, 0.3) is 11.3 Å². The predicted molar refractivity (Wildman–Crippen MR) is 121 cm³/mol. The van der Waals surface area contributed by atoms with E-state index in [1.807, 2.05) is 42.5 Å². The summed E-state index contributed by atoms with van der Waals surface area (Å²) in [5.41, 5.74) is 3.04. The SMILES string of the molecule is COc1cccc(OC)c1C1CCCC(C=O)N1Cc1cc(-c2ccccn2)ccc1F. The lowest BCUT2D eigenvalue weighted by atomic mass is 9.89. The van der Waals surface area contributed by atoms with Crippen LogP contribution < -0.4 is 9.47 Å². The molecule has 0 spiro atoms. The lowest BCUT2D eigenvalue weighted by molar-refractivity contribution is -0.115. The fraction of sp³-hybridized carbons (Fsp3) is 0.308. The topological polar surface area (TPSA) is 51.7 Å². The summed E-state index contributed by atoms with van der Waals surface area (Å²) in [7, 11) is 3.25. The van der Waals surface area contributed by atoms with Gasteiger partial charge in [0.25, 0.3) is 0 Å². The van der Waals surface area contributed by atoms with E-state index >= 15 is 0 Å². The Balaban J connectivity index is 1.74. The van der Waals surface area contributed by atoms with Crippen LogP contribution in [0.15, 0.2) is 60.8 Å². The van der Waals surface area contributed by atoms with Gasteiger partial charge in [-0.05, 0) is 61.7 Å². The molecule has 0 aliphatic carbocycles. The van der Waals surface area contributed by atoms with Gasteiger partial charge in [0, 0.05) is 29.9 Å². The van der Waals surface area contributed by atoms with Gasteiger partial charge in [-0.2, -0.15) is 0 Å². The van der Waals surface area contributed by atoms with Crippen LogP contribution in [0.3, 0.4) is 0 Å². The highest BCUT2D eigenvalue weighted by molar-refractivity contribution is 5.61. The van der Waals surface area contributed by atoms with Crippen molar-refractivity contribution in [2.45, 2.75) is 37.9 Å². The molecule has 2 atom stereocenters. The number of piperidine rings is 1. The summed E-state index contributed by atoms with van der Waals surface area (Å²) in [4.78, 5) is 18.5. The second-order valence-electron chi connectivity index (χ2n) is 7.92. The summed E-state index contributed by atoms with van der Waals surface area (Å²) in [6, 6.07) is 15.9. The number of nitrogens with zero attached hydrogens (tertiary/aromatic N) is 2. The van der Waals surface area contributed by atoms with E-state index in [2.05, 4.69) is 9.88 Å². The highest BCUT2D eigenvalue weighted by Gasteiger charge is 2.35. The average Bonchev–Trinajstić information content (AvgIpc) is 2.85. The number of carbonyl (C=O) groups is 1. The number of hydrogen-bond acceptors (Lipinski definition) is 5. The zero-order valence-electron chi connectivity index (χ0n) is 18.3. The zero-order chi connectivity index (χ0) is 22.5. The largest absolute Gasteiger partial charge is 0.496 e. The van der Waals surface area contributed by atoms with E-state index in [-0.39, 0.29) is 17.9 Å². The number of hydrogen-bond donors (Lipinski definition) is 0. The Labute approximate surface area is 187 Å². The fourth-order valence-corrected chi connectivity index (χ4v) is 4.56. The number of aldehydes is 1. The number of likely N-dealkylation sites (tertiary alicyclic amines) is 1. The molecule has 2 heterocycles. The molecule has 0 bridgehead atoms. The van der Waals surface area contributed by atoms with Gasteiger partial charge in [-0.3, -0.25) is 9.88 Å². The first-order valence-corrected chi connectivity index (χ1v) is 10.8. The average molecular weight is 435 g/mol. The number of aromatic nitrogens is 1. The normalized spacial score (nSPS) is 18.8. The fourth-order valence-electron chi connectivity index (χ4n) is 4.56. The van der Waals surface area contributed by atoms with E-state index in [9.17, 15) is 9.18 Å². The number of ether oxygens (including phenoxy) is 2. The summed E-state index contributed by atoms with van der Waals surface area (Å²) in [6.45, 7) is 0.293. The smallest absolute Gasteiger partial charge is 0.137 e. The van der Waals surface area contributed by atoms with Crippen molar-refractivity contribution in [2.24, 2.45) is 0 Å². The van der Waals surface area contributed by atoms with Crippen LogP contribution in [0.1, 0.15) is 36.4 Å². The number of methoxy groups -OCH3 is 2. The molecule has 32 heavy (non-hydrogen) atoms. The van der Waals surface area contributed by atoms with Crippen LogP contribution in [0.4, 0.5) is 4.39 Å². The van der Waals surface area contributed by atoms with Crippen LogP contribution in [0, 0.1) is 5.82 Å². The Morgan fingerprint density at radius 1 is 1.06 bits per heavy atom. The van der Waals surface area contributed by atoms with Gasteiger partial charge >= 0.3 is 0 Å². The van der Waals surface area contributed by atoms with E-state index in [0.717, 1.165) is 42.4 Å². The molecule has 3 aromatic rings. The van der Waals surface area contributed by atoms with Gasteiger partial charge in [-0.1, -0.05) is 12.1 Å². The minimum atomic E-state index is -0.318. The standard InChI is InChI=1S/C26H27FN2O3/c1-31-24-10-6-11-25(32-2)26(24)23-9-5-7-20(17-30)29(23)16-19-15-18(12-13-21(19)27)22-8-3-4-14-28-22/h3-4,6,8,10-15,17,20,23H,5,7,9,16H2,1-2H3. The van der Waals surface area contributed by atoms with Crippen LogP contribution in [0.5, 0.6) is 11.5 Å². The number of carbonyl (C=O) groups excluding carboxylic acids is 1. The lowest BCUT2D eigenvalue weighted by Gasteiger charge is -2.41. The molecule has 1 aliphatic rings. The minimum Gasteiger partial charge on any atom is -0.496 e. The maximum absolute atomic E-state index is 14.9. The van der Waals surface area contributed by atoms with E-state index in [1.165, 1.54) is 6.07 Å². The number of halogens is 1. The number of benzene rings is 2. The maximum Gasteiger partial charge on any atom is 0.137 e. The maximum atomic E-state index is 14.9. The number of rotatable bonds is 7. The van der Waals surface area contributed by atoms with Crippen LogP contribution in [0.2, 0.25) is 0 Å². The van der Waals surface area contributed by atoms with Crippen molar-refractivity contribution in [1.82, 2.24) is 9.88 Å². The molecule has 2 aromatic carbocycles. The van der Waals surface area contributed by atoms with E-state index in [4.69, 9.17) is 9.47 Å². The molecule has 5 nitrogen and oxygen atoms in total. The summed E-state index contributed by atoms with van der Waals surface area (Å²) >= 11 is 0. The Kier molecular flexibility index (Phi) is 6.81. The van der Waals surface area contributed by atoms with Crippen molar-refractivity contribution < 1.29 is 18.7 Å². The molecule has 6 heteroatoms. The molecular formula is C26H27FN2O3. The van der Waals surface area contributed by atoms with Gasteiger partial charge in [0.15, 0.2) is 0 Å². The van der Waals surface area contributed by atoms with Crippen molar-refractivity contribution in [1.29, 1.82) is 0 Å². The Morgan fingerprint density at radius 3 is 2.50 bits per heavy atom. The highest BCUT2D eigenvalue weighted by Crippen LogP contribution is 2.43. The van der Waals surface area contributed by atoms with Crippen molar-refractivity contribution in [3.8, 4) is 22.8 Å². The van der Waals surface area contributed by atoms with Crippen LogP contribution in [-0.4, -0.2) is 36.4 Å². The van der Waals surface area contributed by atoms with Crippen molar-refractivity contribution >= 4 is 6.29 Å². The Hall–Kier alpha value is -3.25. The van der Waals surface area contributed by atoms with Gasteiger partial charge in [-0.25, -0.2) is 4.39 Å². The summed E-state index contributed by atoms with van der Waals surface area (Å²) in [5, 5.41) is 0. The van der Waals surface area contributed by atoms with Gasteiger partial charge in [-0.15, -0.1) is 0 Å². The second-order valence-corrected chi connectivity index (χ2v) is 7.92. The lowest BCUT2D eigenvalue weighted by Crippen LogP contribution is -2.42. The monoisotopic (exact) mass is 434 g/mol. The molecule has 1 saturated heterocycles. The minimum absolute atomic E-state index is 0.136.